The van der Waals surface area contributed by atoms with Gasteiger partial charge in [-0.25, -0.2) is 9.18 Å². The Hall–Kier alpha value is -1.95. The Labute approximate surface area is 122 Å². The summed E-state index contributed by atoms with van der Waals surface area (Å²) in [6, 6.07) is 3.68. The highest BCUT2D eigenvalue weighted by molar-refractivity contribution is 6.00. The molecule has 1 aromatic carbocycles. The van der Waals surface area contributed by atoms with E-state index in [0.717, 1.165) is 18.9 Å². The number of rotatable bonds is 6. The molecule has 0 radical (unpaired) electrons. The van der Waals surface area contributed by atoms with E-state index < -0.39 is 11.8 Å². The number of carboxylic acids is 1. The van der Waals surface area contributed by atoms with Crippen LogP contribution >= 0.6 is 0 Å². The molecule has 1 aromatic rings. The molecule has 5 nitrogen and oxygen atoms in total. The lowest BCUT2D eigenvalue weighted by molar-refractivity contribution is -0.119. The number of aromatic carboxylic acids is 1. The van der Waals surface area contributed by atoms with E-state index in [1.54, 1.807) is 0 Å². The van der Waals surface area contributed by atoms with Crippen molar-refractivity contribution in [2.45, 2.75) is 32.3 Å². The van der Waals surface area contributed by atoms with Gasteiger partial charge in [-0.1, -0.05) is 6.07 Å². The number of carboxylic acid groups (broad SMARTS) is 1. The predicted molar refractivity (Wildman–Crippen MR) is 74.7 cm³/mol. The molecule has 0 aliphatic heterocycles. The molecule has 0 spiro atoms. The molecule has 1 amide bonds. The molecule has 0 heterocycles. The first-order valence-corrected chi connectivity index (χ1v) is 6.94. The third-order valence-corrected chi connectivity index (χ3v) is 3.58. The number of carbonyl (C=O) groups is 2. The zero-order valence-corrected chi connectivity index (χ0v) is 11.8. The maximum absolute atomic E-state index is 13.7. The first kappa shape index (κ1) is 15.4. The number of ether oxygens (including phenoxy) is 1. The van der Waals surface area contributed by atoms with Crippen molar-refractivity contribution >= 4 is 17.6 Å². The highest BCUT2D eigenvalue weighted by atomic mass is 19.1. The van der Waals surface area contributed by atoms with Gasteiger partial charge in [0.15, 0.2) is 0 Å². The molecule has 114 valence electrons. The van der Waals surface area contributed by atoms with Crippen LogP contribution in [0, 0.1) is 11.7 Å². The van der Waals surface area contributed by atoms with Crippen molar-refractivity contribution in [3.8, 4) is 0 Å². The van der Waals surface area contributed by atoms with Crippen LogP contribution in [0.1, 0.15) is 36.5 Å². The van der Waals surface area contributed by atoms with Crippen LogP contribution in [0.3, 0.4) is 0 Å². The largest absolute Gasteiger partial charge is 0.478 e. The Morgan fingerprint density at radius 1 is 1.43 bits per heavy atom. The molecule has 1 aliphatic carbocycles. The van der Waals surface area contributed by atoms with E-state index in [-0.39, 0.29) is 35.6 Å². The van der Waals surface area contributed by atoms with Gasteiger partial charge >= 0.3 is 5.97 Å². The van der Waals surface area contributed by atoms with Gasteiger partial charge in [0, 0.05) is 13.0 Å². The van der Waals surface area contributed by atoms with E-state index in [2.05, 4.69) is 5.32 Å². The smallest absolute Gasteiger partial charge is 0.337 e. The molecule has 2 N–H and O–H groups in total. The minimum Gasteiger partial charge on any atom is -0.478 e. The molecule has 0 atom stereocenters. The van der Waals surface area contributed by atoms with E-state index in [1.807, 2.05) is 6.92 Å². The van der Waals surface area contributed by atoms with E-state index in [4.69, 9.17) is 9.84 Å². The lowest BCUT2D eigenvalue weighted by Crippen LogP contribution is -2.34. The second kappa shape index (κ2) is 6.67. The third-order valence-electron chi connectivity index (χ3n) is 3.58. The van der Waals surface area contributed by atoms with Gasteiger partial charge in [-0.05, 0) is 37.8 Å². The van der Waals surface area contributed by atoms with Crippen LogP contribution in [-0.4, -0.2) is 29.7 Å². The van der Waals surface area contributed by atoms with E-state index >= 15 is 0 Å². The van der Waals surface area contributed by atoms with Gasteiger partial charge in [0.05, 0.1) is 17.4 Å². The number of hydrogen-bond acceptors (Lipinski definition) is 3. The first-order chi connectivity index (χ1) is 10.0. The van der Waals surface area contributed by atoms with Gasteiger partial charge in [-0.3, -0.25) is 4.79 Å². The quantitative estimate of drug-likeness (QED) is 0.846. The summed E-state index contributed by atoms with van der Waals surface area (Å²) in [5, 5.41) is 11.4. The molecule has 1 fully saturated rings. The third kappa shape index (κ3) is 3.78. The van der Waals surface area contributed by atoms with Crippen LogP contribution in [0.4, 0.5) is 10.1 Å². The SMILES string of the molecule is CCOC1CC(CC(=O)Nc2c(F)cccc2C(=O)O)C1. The summed E-state index contributed by atoms with van der Waals surface area (Å²) in [6.45, 7) is 2.58. The van der Waals surface area contributed by atoms with Gasteiger partial charge in [-0.15, -0.1) is 0 Å². The topological polar surface area (TPSA) is 75.6 Å². The Kier molecular flexibility index (Phi) is 4.90. The molecule has 2 rings (SSSR count). The number of para-hydroxylation sites is 1. The standard InChI is InChI=1S/C15H18FNO4/c1-2-21-10-6-9(7-10)8-13(18)17-14-11(15(19)20)4-3-5-12(14)16/h3-5,9-10H,2,6-8H2,1H3,(H,17,18)(H,19,20). The zero-order valence-electron chi connectivity index (χ0n) is 11.8. The average molecular weight is 295 g/mol. The summed E-state index contributed by atoms with van der Waals surface area (Å²) in [4.78, 5) is 22.9. The number of hydrogen-bond donors (Lipinski definition) is 2. The Balaban J connectivity index is 1.93. The number of benzene rings is 1. The summed E-state index contributed by atoms with van der Waals surface area (Å²) in [7, 11) is 0. The van der Waals surface area contributed by atoms with E-state index in [0.29, 0.717) is 6.61 Å². The molecule has 1 saturated carbocycles. The van der Waals surface area contributed by atoms with Crippen molar-refractivity contribution in [1.82, 2.24) is 0 Å². The minimum absolute atomic E-state index is 0.204. The summed E-state index contributed by atoms with van der Waals surface area (Å²) in [6.07, 6.45) is 2.07. The van der Waals surface area contributed by atoms with Crippen molar-refractivity contribution in [2.75, 3.05) is 11.9 Å². The maximum atomic E-state index is 13.7. The maximum Gasteiger partial charge on any atom is 0.337 e. The number of amides is 1. The van der Waals surface area contributed by atoms with Crippen LogP contribution in [0.25, 0.3) is 0 Å². The summed E-state index contributed by atoms with van der Waals surface area (Å²) in [5.41, 5.74) is -0.514. The van der Waals surface area contributed by atoms with Crippen molar-refractivity contribution in [2.24, 2.45) is 5.92 Å². The van der Waals surface area contributed by atoms with Crippen LogP contribution in [0.5, 0.6) is 0 Å². The molecule has 21 heavy (non-hydrogen) atoms. The summed E-state index contributed by atoms with van der Waals surface area (Å²) in [5.74, 6) is -2.18. The number of anilines is 1. The second-order valence-electron chi connectivity index (χ2n) is 5.13. The number of halogens is 1. The Morgan fingerprint density at radius 3 is 2.76 bits per heavy atom. The van der Waals surface area contributed by atoms with Crippen LogP contribution < -0.4 is 5.32 Å². The van der Waals surface area contributed by atoms with Gasteiger partial charge in [0.1, 0.15) is 5.82 Å². The molecular weight excluding hydrogens is 277 g/mol. The molecule has 0 unspecified atom stereocenters. The first-order valence-electron chi connectivity index (χ1n) is 6.94. The van der Waals surface area contributed by atoms with Crippen molar-refractivity contribution < 1.29 is 23.8 Å². The fourth-order valence-electron chi connectivity index (χ4n) is 2.50. The van der Waals surface area contributed by atoms with E-state index in [1.165, 1.54) is 12.1 Å². The predicted octanol–water partition coefficient (Wildman–Crippen LogP) is 2.67. The number of carbonyl (C=O) groups excluding carboxylic acids is 1. The molecule has 6 heteroatoms. The Morgan fingerprint density at radius 2 is 2.14 bits per heavy atom. The normalized spacial score (nSPS) is 20.7. The molecular formula is C15H18FNO4. The monoisotopic (exact) mass is 295 g/mol. The molecule has 0 aromatic heterocycles. The zero-order chi connectivity index (χ0) is 15.4. The number of nitrogens with one attached hydrogen (secondary N) is 1. The highest BCUT2D eigenvalue weighted by Crippen LogP contribution is 2.33. The minimum atomic E-state index is -1.27. The Bertz CT molecular complexity index is 540. The lowest BCUT2D eigenvalue weighted by Gasteiger charge is -2.34. The van der Waals surface area contributed by atoms with E-state index in [9.17, 15) is 14.0 Å². The van der Waals surface area contributed by atoms with Crippen LogP contribution in [0.2, 0.25) is 0 Å². The van der Waals surface area contributed by atoms with Gasteiger partial charge in [0.25, 0.3) is 0 Å². The van der Waals surface area contributed by atoms with Crippen LogP contribution in [0.15, 0.2) is 18.2 Å². The van der Waals surface area contributed by atoms with Gasteiger partial charge < -0.3 is 15.2 Å². The molecule has 1 aliphatic rings. The van der Waals surface area contributed by atoms with Gasteiger partial charge in [-0.2, -0.15) is 0 Å². The highest BCUT2D eigenvalue weighted by Gasteiger charge is 2.31. The average Bonchev–Trinajstić information content (AvgIpc) is 2.38. The van der Waals surface area contributed by atoms with Crippen molar-refractivity contribution in [3.63, 3.8) is 0 Å². The fraction of sp³-hybridized carbons (Fsp3) is 0.467. The van der Waals surface area contributed by atoms with Crippen molar-refractivity contribution in [3.05, 3.63) is 29.6 Å². The summed E-state index contributed by atoms with van der Waals surface area (Å²) < 4.78 is 19.1. The summed E-state index contributed by atoms with van der Waals surface area (Å²) >= 11 is 0. The second-order valence-corrected chi connectivity index (χ2v) is 5.13. The van der Waals surface area contributed by atoms with Gasteiger partial charge in [0.2, 0.25) is 5.91 Å². The van der Waals surface area contributed by atoms with Crippen LogP contribution in [-0.2, 0) is 9.53 Å². The lowest BCUT2D eigenvalue weighted by atomic mass is 9.80. The fourth-order valence-corrected chi connectivity index (χ4v) is 2.50. The molecule has 0 saturated heterocycles. The van der Waals surface area contributed by atoms with Crippen molar-refractivity contribution in [1.29, 1.82) is 0 Å². The molecule has 0 bridgehead atoms.